The van der Waals surface area contributed by atoms with Gasteiger partial charge in [0.15, 0.2) is 5.65 Å². The maximum Gasteiger partial charge on any atom is 0.335 e. The Bertz CT molecular complexity index is 1050. The third kappa shape index (κ3) is 3.48. The lowest BCUT2D eigenvalue weighted by Gasteiger charge is -2.32. The lowest BCUT2D eigenvalue weighted by Crippen LogP contribution is -2.35. The van der Waals surface area contributed by atoms with E-state index in [-0.39, 0.29) is 11.5 Å². The van der Waals surface area contributed by atoms with Gasteiger partial charge >= 0.3 is 5.97 Å². The van der Waals surface area contributed by atoms with Gasteiger partial charge in [-0.2, -0.15) is 5.10 Å². The van der Waals surface area contributed by atoms with Crippen molar-refractivity contribution in [3.05, 3.63) is 57.8 Å². The Morgan fingerprint density at radius 2 is 2.26 bits per heavy atom. The molecule has 4 rings (SSSR count). The lowest BCUT2D eigenvalue weighted by atomic mass is 9.89. The minimum absolute atomic E-state index is 0.175. The van der Waals surface area contributed by atoms with Crippen LogP contribution in [0, 0.1) is 0 Å². The topological polar surface area (TPSA) is 104 Å². The molecule has 0 bridgehead atoms. The van der Waals surface area contributed by atoms with Gasteiger partial charge in [-0.3, -0.25) is 14.4 Å². The highest BCUT2D eigenvalue weighted by molar-refractivity contribution is 5.87. The number of aromatic nitrogens is 4. The van der Waals surface area contributed by atoms with Crippen LogP contribution in [0.4, 0.5) is 0 Å². The van der Waals surface area contributed by atoms with E-state index in [0.717, 1.165) is 31.5 Å². The van der Waals surface area contributed by atoms with Crippen molar-refractivity contribution in [1.82, 2.24) is 24.6 Å². The fourth-order valence-electron chi connectivity index (χ4n) is 3.76. The summed E-state index contributed by atoms with van der Waals surface area (Å²) in [5.74, 6) is -0.0167. The van der Waals surface area contributed by atoms with Crippen molar-refractivity contribution in [3.63, 3.8) is 0 Å². The number of hydrogen-bond acceptors (Lipinski definition) is 5. The first-order valence-corrected chi connectivity index (χ1v) is 8.98. The number of carbonyl (C=O) groups is 1. The predicted octanol–water partition coefficient (Wildman–Crippen LogP) is 1.73. The van der Waals surface area contributed by atoms with E-state index < -0.39 is 5.97 Å². The number of hydrogen-bond donors (Lipinski definition) is 2. The molecule has 1 atom stereocenters. The number of fused-ring (bicyclic) bond motifs is 1. The van der Waals surface area contributed by atoms with Gasteiger partial charge in [-0.1, -0.05) is 12.1 Å². The van der Waals surface area contributed by atoms with Crippen molar-refractivity contribution in [2.24, 2.45) is 7.05 Å². The highest BCUT2D eigenvalue weighted by Gasteiger charge is 2.23. The summed E-state index contributed by atoms with van der Waals surface area (Å²) in [5.41, 5.74) is 1.77. The molecule has 8 nitrogen and oxygen atoms in total. The fraction of sp³-hybridized carbons (Fsp3) is 0.368. The molecular weight excluding hydrogens is 346 g/mol. The summed E-state index contributed by atoms with van der Waals surface area (Å²) in [5, 5.41) is 13.8. The van der Waals surface area contributed by atoms with Gasteiger partial charge in [-0.05, 0) is 43.0 Å². The molecule has 27 heavy (non-hydrogen) atoms. The highest BCUT2D eigenvalue weighted by Crippen LogP contribution is 2.28. The van der Waals surface area contributed by atoms with Gasteiger partial charge in [0.05, 0.1) is 18.3 Å². The summed E-state index contributed by atoms with van der Waals surface area (Å²) in [6.45, 7) is 2.27. The molecule has 2 aromatic heterocycles. The van der Waals surface area contributed by atoms with Crippen LogP contribution in [0.5, 0.6) is 0 Å². The summed E-state index contributed by atoms with van der Waals surface area (Å²) in [7, 11) is 1.77. The first-order chi connectivity index (χ1) is 13.0. The molecule has 0 spiro atoms. The third-order valence-electron chi connectivity index (χ3n) is 5.13. The molecule has 1 saturated heterocycles. The number of nitrogens with one attached hydrogen (secondary N) is 1. The Morgan fingerprint density at radius 3 is 3.07 bits per heavy atom. The summed E-state index contributed by atoms with van der Waals surface area (Å²) in [4.78, 5) is 33.1. The molecule has 1 aliphatic rings. The van der Waals surface area contributed by atoms with E-state index in [0.29, 0.717) is 29.0 Å². The van der Waals surface area contributed by atoms with Gasteiger partial charge in [0, 0.05) is 13.6 Å². The van der Waals surface area contributed by atoms with E-state index >= 15 is 0 Å². The Morgan fingerprint density at radius 1 is 1.41 bits per heavy atom. The molecule has 140 valence electrons. The number of carboxylic acids is 1. The van der Waals surface area contributed by atoms with Crippen molar-refractivity contribution in [1.29, 1.82) is 0 Å². The molecule has 1 aromatic carbocycles. The van der Waals surface area contributed by atoms with Gasteiger partial charge in [-0.15, -0.1) is 0 Å². The number of piperidine rings is 1. The van der Waals surface area contributed by atoms with Crippen molar-refractivity contribution in [3.8, 4) is 0 Å². The van der Waals surface area contributed by atoms with Crippen molar-refractivity contribution < 1.29 is 9.90 Å². The van der Waals surface area contributed by atoms with E-state index in [2.05, 4.69) is 20.0 Å². The lowest BCUT2D eigenvalue weighted by molar-refractivity contribution is 0.0696. The molecule has 3 aromatic rings. The van der Waals surface area contributed by atoms with E-state index in [9.17, 15) is 14.7 Å². The molecule has 8 heteroatoms. The number of benzene rings is 1. The Kier molecular flexibility index (Phi) is 4.49. The first-order valence-electron chi connectivity index (χ1n) is 8.98. The van der Waals surface area contributed by atoms with Crippen LogP contribution >= 0.6 is 0 Å². The molecule has 0 unspecified atom stereocenters. The molecule has 3 heterocycles. The number of carboxylic acid groups (broad SMARTS) is 1. The van der Waals surface area contributed by atoms with Crippen LogP contribution in [0.2, 0.25) is 0 Å². The number of rotatable bonds is 4. The summed E-state index contributed by atoms with van der Waals surface area (Å²) in [6.07, 6.45) is 3.56. The Balaban J connectivity index is 1.54. The monoisotopic (exact) mass is 367 g/mol. The average molecular weight is 367 g/mol. The minimum atomic E-state index is -0.907. The van der Waals surface area contributed by atoms with Gasteiger partial charge in [0.2, 0.25) is 0 Å². The van der Waals surface area contributed by atoms with Crippen molar-refractivity contribution in [2.45, 2.75) is 25.3 Å². The first kappa shape index (κ1) is 17.4. The summed E-state index contributed by atoms with van der Waals surface area (Å²) < 4.78 is 1.60. The largest absolute Gasteiger partial charge is 0.478 e. The quantitative estimate of drug-likeness (QED) is 0.728. The van der Waals surface area contributed by atoms with Crippen molar-refractivity contribution >= 4 is 17.0 Å². The third-order valence-corrected chi connectivity index (χ3v) is 5.13. The van der Waals surface area contributed by atoms with Crippen LogP contribution in [0.1, 0.15) is 40.5 Å². The van der Waals surface area contributed by atoms with Crippen molar-refractivity contribution in [2.75, 3.05) is 13.1 Å². The Hall–Kier alpha value is -3.00. The van der Waals surface area contributed by atoms with E-state index in [4.69, 9.17) is 0 Å². The number of aryl methyl sites for hydroxylation is 1. The van der Waals surface area contributed by atoms with Crippen LogP contribution in [0.3, 0.4) is 0 Å². The second-order valence-electron chi connectivity index (χ2n) is 7.02. The number of nitrogens with zero attached hydrogens (tertiary/aromatic N) is 4. The zero-order valence-corrected chi connectivity index (χ0v) is 15.1. The molecule has 2 N–H and O–H groups in total. The van der Waals surface area contributed by atoms with Crippen LogP contribution in [0.15, 0.2) is 35.3 Å². The molecule has 0 aliphatic carbocycles. The predicted molar refractivity (Wildman–Crippen MR) is 99.8 cm³/mol. The van der Waals surface area contributed by atoms with Gasteiger partial charge < -0.3 is 10.1 Å². The maximum atomic E-state index is 12.2. The zero-order chi connectivity index (χ0) is 19.0. The van der Waals surface area contributed by atoms with Crippen LogP contribution in [-0.2, 0) is 13.6 Å². The number of aromatic carboxylic acids is 1. The van der Waals surface area contributed by atoms with E-state index in [1.54, 1.807) is 29.9 Å². The second-order valence-corrected chi connectivity index (χ2v) is 7.02. The van der Waals surface area contributed by atoms with Gasteiger partial charge in [0.1, 0.15) is 11.2 Å². The summed E-state index contributed by atoms with van der Waals surface area (Å²) in [6, 6.07) is 7.16. The standard InChI is InChI=1S/C19H21N5O3/c1-23-17-15(9-20-23)18(25)22-16(21-17)11-24-7-3-6-14(10-24)12-4-2-5-13(8-12)19(26)27/h2,4-5,8-9,14H,3,6-7,10-11H2,1H3,(H,26,27)(H,21,22,25)/t14-/m0/s1. The molecule has 1 fully saturated rings. The smallest absolute Gasteiger partial charge is 0.335 e. The van der Waals surface area contributed by atoms with E-state index in [1.807, 2.05) is 6.07 Å². The molecule has 0 saturated carbocycles. The minimum Gasteiger partial charge on any atom is -0.478 e. The van der Waals surface area contributed by atoms with Crippen LogP contribution < -0.4 is 5.56 Å². The van der Waals surface area contributed by atoms with Crippen LogP contribution in [-0.4, -0.2) is 48.8 Å². The molecule has 0 amide bonds. The number of aromatic amines is 1. The van der Waals surface area contributed by atoms with Crippen LogP contribution in [0.25, 0.3) is 11.0 Å². The molecule has 1 aliphatic heterocycles. The summed E-state index contributed by atoms with van der Waals surface area (Å²) >= 11 is 0. The zero-order valence-electron chi connectivity index (χ0n) is 15.1. The molecule has 0 radical (unpaired) electrons. The number of likely N-dealkylation sites (tertiary alicyclic amines) is 1. The second kappa shape index (κ2) is 6.96. The van der Waals surface area contributed by atoms with Gasteiger partial charge in [0.25, 0.3) is 5.56 Å². The highest BCUT2D eigenvalue weighted by atomic mass is 16.4. The Labute approximate surface area is 155 Å². The van der Waals surface area contributed by atoms with Gasteiger partial charge in [-0.25, -0.2) is 9.78 Å². The SMILES string of the molecule is Cn1ncc2c(=O)[nH]c(CN3CCC[C@H](c4cccc(C(=O)O)c4)C3)nc21. The van der Waals surface area contributed by atoms with E-state index in [1.165, 1.54) is 6.20 Å². The fourth-order valence-corrected chi connectivity index (χ4v) is 3.76. The maximum absolute atomic E-state index is 12.2. The molecular formula is C19H21N5O3. The average Bonchev–Trinajstić information content (AvgIpc) is 3.04. The normalized spacial score (nSPS) is 18.0. The number of H-pyrrole nitrogens is 1.